The van der Waals surface area contributed by atoms with Gasteiger partial charge in [-0.25, -0.2) is 4.79 Å². The summed E-state index contributed by atoms with van der Waals surface area (Å²) in [5, 5.41) is 13.5. The highest BCUT2D eigenvalue weighted by molar-refractivity contribution is 8.00. The molecule has 3 N–H and O–H groups in total. The van der Waals surface area contributed by atoms with E-state index in [2.05, 4.69) is 10.6 Å². The maximum Gasteiger partial charge on any atom is 0.404 e. The van der Waals surface area contributed by atoms with Crippen LogP contribution in [0.15, 0.2) is 23.1 Å². The van der Waals surface area contributed by atoms with Crippen LogP contribution in [-0.4, -0.2) is 22.9 Å². The Balaban J connectivity index is 2.14. The normalized spacial score (nSPS) is 13.9. The van der Waals surface area contributed by atoms with Crippen molar-refractivity contribution in [1.82, 2.24) is 5.32 Å². The zero-order valence-electron chi connectivity index (χ0n) is 8.32. The molecular formula is C10H10N2O3S. The summed E-state index contributed by atoms with van der Waals surface area (Å²) in [7, 11) is 0. The molecule has 1 aromatic carbocycles. The molecule has 0 aromatic heterocycles. The van der Waals surface area contributed by atoms with Gasteiger partial charge in [0.25, 0.3) is 0 Å². The van der Waals surface area contributed by atoms with Gasteiger partial charge in [0.1, 0.15) is 0 Å². The van der Waals surface area contributed by atoms with E-state index in [1.165, 1.54) is 11.8 Å². The predicted molar refractivity (Wildman–Crippen MR) is 60.7 cm³/mol. The molecule has 0 saturated heterocycles. The van der Waals surface area contributed by atoms with Crippen LogP contribution in [0.4, 0.5) is 10.5 Å². The van der Waals surface area contributed by atoms with Crippen LogP contribution in [0.1, 0.15) is 5.56 Å². The number of carboxylic acid groups (broad SMARTS) is 1. The standard InChI is InChI=1S/C10H10N2O3S/c13-9-5-16-8-2-1-6(3-7(8)12-9)4-11-10(14)15/h1-3,11H,4-5H2,(H,12,13)(H,14,15). The van der Waals surface area contributed by atoms with Crippen molar-refractivity contribution in [1.29, 1.82) is 0 Å². The highest BCUT2D eigenvalue weighted by atomic mass is 32.2. The van der Waals surface area contributed by atoms with Gasteiger partial charge in [-0.15, -0.1) is 11.8 Å². The highest BCUT2D eigenvalue weighted by Crippen LogP contribution is 2.31. The summed E-state index contributed by atoms with van der Waals surface area (Å²) in [6, 6.07) is 5.52. The molecule has 0 radical (unpaired) electrons. The lowest BCUT2D eigenvalue weighted by Gasteiger charge is -2.16. The second-order valence-corrected chi connectivity index (χ2v) is 4.34. The number of rotatable bonds is 2. The van der Waals surface area contributed by atoms with Gasteiger partial charge in [0.15, 0.2) is 0 Å². The fraction of sp³-hybridized carbons (Fsp3) is 0.200. The van der Waals surface area contributed by atoms with Crippen LogP contribution in [0, 0.1) is 0 Å². The average Bonchev–Trinajstić information content (AvgIpc) is 2.25. The van der Waals surface area contributed by atoms with Crippen molar-refractivity contribution in [3.63, 3.8) is 0 Å². The first-order valence-electron chi connectivity index (χ1n) is 4.67. The first-order chi connectivity index (χ1) is 7.65. The molecule has 0 atom stereocenters. The summed E-state index contributed by atoms with van der Waals surface area (Å²) in [5.41, 5.74) is 1.58. The van der Waals surface area contributed by atoms with Gasteiger partial charge < -0.3 is 15.7 Å². The van der Waals surface area contributed by atoms with Crippen molar-refractivity contribution in [2.75, 3.05) is 11.1 Å². The first-order valence-corrected chi connectivity index (χ1v) is 5.66. The van der Waals surface area contributed by atoms with Crippen LogP contribution >= 0.6 is 11.8 Å². The van der Waals surface area contributed by atoms with E-state index in [1.807, 2.05) is 12.1 Å². The van der Waals surface area contributed by atoms with Crippen LogP contribution < -0.4 is 10.6 Å². The zero-order valence-corrected chi connectivity index (χ0v) is 9.13. The summed E-state index contributed by atoms with van der Waals surface area (Å²) in [4.78, 5) is 22.5. The lowest BCUT2D eigenvalue weighted by Crippen LogP contribution is -2.21. The number of anilines is 1. The summed E-state index contributed by atoms with van der Waals surface area (Å²) in [5.74, 6) is 0.403. The number of nitrogens with one attached hydrogen (secondary N) is 2. The Kier molecular flexibility index (Phi) is 3.00. The molecule has 2 amide bonds. The second-order valence-electron chi connectivity index (χ2n) is 3.33. The summed E-state index contributed by atoms with van der Waals surface area (Å²) in [6.45, 7) is 0.239. The molecule has 84 valence electrons. The number of carbonyl (C=O) groups excluding carboxylic acids is 1. The number of thioether (sulfide) groups is 1. The van der Waals surface area contributed by atoms with Gasteiger partial charge in [-0.2, -0.15) is 0 Å². The van der Waals surface area contributed by atoms with Gasteiger partial charge in [0, 0.05) is 11.4 Å². The minimum absolute atomic E-state index is 0.0270. The number of amides is 2. The van der Waals surface area contributed by atoms with Gasteiger partial charge >= 0.3 is 6.09 Å². The van der Waals surface area contributed by atoms with E-state index in [-0.39, 0.29) is 12.5 Å². The quantitative estimate of drug-likeness (QED) is 0.729. The molecule has 0 fully saturated rings. The van der Waals surface area contributed by atoms with Crippen LogP contribution in [-0.2, 0) is 11.3 Å². The smallest absolute Gasteiger partial charge is 0.404 e. The van der Waals surface area contributed by atoms with Crippen molar-refractivity contribution in [2.24, 2.45) is 0 Å². The summed E-state index contributed by atoms with van der Waals surface area (Å²) >= 11 is 1.48. The Labute approximate surface area is 96.2 Å². The number of benzene rings is 1. The van der Waals surface area contributed by atoms with Crippen molar-refractivity contribution < 1.29 is 14.7 Å². The number of carbonyl (C=O) groups is 2. The third kappa shape index (κ3) is 2.46. The zero-order chi connectivity index (χ0) is 11.5. The molecule has 1 aromatic rings. The van der Waals surface area contributed by atoms with Crippen molar-refractivity contribution in [3.05, 3.63) is 23.8 Å². The van der Waals surface area contributed by atoms with E-state index in [4.69, 9.17) is 5.11 Å². The Morgan fingerprint density at radius 3 is 3.12 bits per heavy atom. The molecule has 5 nitrogen and oxygen atoms in total. The SMILES string of the molecule is O=C(O)NCc1ccc2c(c1)NC(=O)CS2. The maximum absolute atomic E-state index is 11.2. The molecule has 0 unspecified atom stereocenters. The molecule has 1 aliphatic heterocycles. The van der Waals surface area contributed by atoms with Gasteiger partial charge in [0.2, 0.25) is 5.91 Å². The van der Waals surface area contributed by atoms with E-state index < -0.39 is 6.09 Å². The van der Waals surface area contributed by atoms with Gasteiger partial charge in [0.05, 0.1) is 11.4 Å². The third-order valence-electron chi connectivity index (χ3n) is 2.12. The molecule has 0 aliphatic carbocycles. The van der Waals surface area contributed by atoms with Crippen LogP contribution in [0.25, 0.3) is 0 Å². The summed E-state index contributed by atoms with van der Waals surface area (Å²) in [6.07, 6.45) is -1.06. The average molecular weight is 238 g/mol. The topological polar surface area (TPSA) is 78.4 Å². The molecule has 0 spiro atoms. The Bertz CT molecular complexity index is 448. The first kappa shape index (κ1) is 10.8. The van der Waals surface area contributed by atoms with Gasteiger partial charge in [-0.3, -0.25) is 4.79 Å². The molecule has 0 saturated carbocycles. The molecule has 1 aliphatic rings. The van der Waals surface area contributed by atoms with E-state index >= 15 is 0 Å². The Morgan fingerprint density at radius 1 is 1.56 bits per heavy atom. The van der Waals surface area contributed by atoms with E-state index in [0.29, 0.717) is 5.75 Å². The monoisotopic (exact) mass is 238 g/mol. The maximum atomic E-state index is 11.2. The van der Waals surface area contributed by atoms with Crippen molar-refractivity contribution in [2.45, 2.75) is 11.4 Å². The number of fused-ring (bicyclic) bond motifs is 1. The minimum Gasteiger partial charge on any atom is -0.465 e. The van der Waals surface area contributed by atoms with Gasteiger partial charge in [-0.05, 0) is 17.7 Å². The fourth-order valence-electron chi connectivity index (χ4n) is 1.42. The molecule has 2 rings (SSSR count). The van der Waals surface area contributed by atoms with Crippen molar-refractivity contribution >= 4 is 29.4 Å². The van der Waals surface area contributed by atoms with E-state index in [0.717, 1.165) is 16.1 Å². The molecule has 6 heteroatoms. The molecule has 1 heterocycles. The lowest BCUT2D eigenvalue weighted by atomic mass is 10.2. The largest absolute Gasteiger partial charge is 0.465 e. The van der Waals surface area contributed by atoms with E-state index in [9.17, 15) is 9.59 Å². The Morgan fingerprint density at radius 2 is 2.38 bits per heavy atom. The number of hydrogen-bond acceptors (Lipinski definition) is 3. The third-order valence-corrected chi connectivity index (χ3v) is 3.19. The van der Waals surface area contributed by atoms with Crippen molar-refractivity contribution in [3.8, 4) is 0 Å². The van der Waals surface area contributed by atoms with Crippen LogP contribution in [0.3, 0.4) is 0 Å². The van der Waals surface area contributed by atoms with Crippen LogP contribution in [0.5, 0.6) is 0 Å². The predicted octanol–water partition coefficient (Wildman–Crippen LogP) is 1.50. The second kappa shape index (κ2) is 4.44. The Hall–Kier alpha value is -1.69. The van der Waals surface area contributed by atoms with Crippen LogP contribution in [0.2, 0.25) is 0 Å². The minimum atomic E-state index is -1.06. The lowest BCUT2D eigenvalue weighted by molar-refractivity contribution is -0.113. The molecule has 0 bridgehead atoms. The summed E-state index contributed by atoms with van der Waals surface area (Å²) < 4.78 is 0. The molecular weight excluding hydrogens is 228 g/mol. The van der Waals surface area contributed by atoms with Gasteiger partial charge in [-0.1, -0.05) is 6.07 Å². The highest BCUT2D eigenvalue weighted by Gasteiger charge is 2.15. The fourth-order valence-corrected chi connectivity index (χ4v) is 2.21. The molecule has 16 heavy (non-hydrogen) atoms. The number of hydrogen-bond donors (Lipinski definition) is 3. The van der Waals surface area contributed by atoms with E-state index in [1.54, 1.807) is 6.07 Å².